The number of carbonyl (C=O) groups is 7. The summed E-state index contributed by atoms with van der Waals surface area (Å²) in [6.45, 7) is 24.3. The third kappa shape index (κ3) is 16.4. The van der Waals surface area contributed by atoms with Gasteiger partial charge in [-0.2, -0.15) is 5.70 Å². The van der Waals surface area contributed by atoms with Gasteiger partial charge in [0.2, 0.25) is 35.4 Å². The van der Waals surface area contributed by atoms with Crippen LogP contribution < -0.4 is 44.6 Å². The summed E-state index contributed by atoms with van der Waals surface area (Å²) in [7, 11) is -5.31. The predicted octanol–water partition coefficient (Wildman–Crippen LogP) is 3.28. The molecule has 36 heteroatoms. The maximum absolute atomic E-state index is 14.4. The van der Waals surface area contributed by atoms with Gasteiger partial charge in [-0.05, 0) is 132 Å². The van der Waals surface area contributed by atoms with Gasteiger partial charge in [0.1, 0.15) is 42.0 Å². The third-order valence-corrected chi connectivity index (χ3v) is 24.7. The molecule has 15 unspecified atom stereocenters. The Morgan fingerprint density at radius 2 is 1.38 bits per heavy atom. The van der Waals surface area contributed by atoms with Crippen LogP contribution in [0.4, 0.5) is 5.82 Å². The number of primary amides is 5. The van der Waals surface area contributed by atoms with Crippen LogP contribution in [0.15, 0.2) is 80.4 Å². The van der Waals surface area contributed by atoms with Crippen LogP contribution in [0.25, 0.3) is 27.5 Å². The van der Waals surface area contributed by atoms with Crippen LogP contribution in [-0.2, 0) is 73.4 Å². The van der Waals surface area contributed by atoms with Crippen LogP contribution in [0, 0.1) is 66.1 Å². The van der Waals surface area contributed by atoms with Gasteiger partial charge in [0.15, 0.2) is 23.9 Å². The second kappa shape index (κ2) is 32.3. The number of phosphoric acid groups is 1. The number of aliphatic imine (C=N–C) groups is 3. The van der Waals surface area contributed by atoms with Crippen LogP contribution >= 0.6 is 7.82 Å². The summed E-state index contributed by atoms with van der Waals surface area (Å²) < 4.78 is 38.8. The average Bonchev–Trinajstić information content (AvgIpc) is 1.53. The summed E-state index contributed by atoms with van der Waals surface area (Å²) >= 11 is 0. The van der Waals surface area contributed by atoms with E-state index in [-0.39, 0.29) is 99.1 Å². The summed E-state index contributed by atoms with van der Waals surface area (Å²) in [6.07, 6.45) is -5.15. The fourth-order valence-electron chi connectivity index (χ4n) is 17.4. The molecule has 109 heavy (non-hydrogen) atoms. The number of amides is 6. The molecule has 3 fully saturated rings. The number of carbonyl (C=O) groups excluding carboxylic acids is 7. The largest absolute Gasteiger partial charge is 3.00 e. The van der Waals surface area contributed by atoms with Crippen molar-refractivity contribution in [1.82, 2.24) is 34.4 Å². The molecule has 3 saturated heterocycles. The molecule has 11 rings (SSSR count). The number of ether oxygens (including phenoxy) is 2. The molecule has 4 aromatic rings. The molecule has 34 nitrogen and oxygen atoms in total. The van der Waals surface area contributed by atoms with Crippen molar-refractivity contribution in [1.29, 1.82) is 0 Å². The molecule has 1 aromatic carbocycles. The number of hydrogen-bond donors (Lipinski definition) is 11. The normalized spacial score (nSPS) is 31.8. The number of nitrogens with two attached hydrogens (primary N) is 6. The first kappa shape index (κ1) is 84.9. The summed E-state index contributed by atoms with van der Waals surface area (Å²) in [6, 6.07) is 2.68. The maximum atomic E-state index is 14.4. The molecule has 3 aromatic heterocycles. The zero-order valence-corrected chi connectivity index (χ0v) is 65.2. The number of aliphatic hydroxyl groups excluding tert-OH is 4. The van der Waals surface area contributed by atoms with Crippen molar-refractivity contribution in [3.05, 3.63) is 88.8 Å². The number of aliphatic hydroxyl groups is 4. The molecule has 17 N–H and O–H groups in total. The first-order valence-electron chi connectivity index (χ1n) is 36.1. The number of Topliss-reactive ketones (excluding diaryl/α,β-unsaturated/α-hetero) is 1. The Kier molecular flexibility index (Phi) is 25.2. The summed E-state index contributed by atoms with van der Waals surface area (Å²) in [5.41, 5.74) is 37.8. The van der Waals surface area contributed by atoms with Gasteiger partial charge in [-0.25, -0.2) is 19.9 Å². The molecular weight excluding hydrogens is 1480 g/mol. The Labute approximate surface area is 641 Å². The van der Waals surface area contributed by atoms with E-state index < -0.39 is 162 Å². The second-order valence-corrected chi connectivity index (χ2v) is 32.7. The molecular formula is C73H101CoN17O17P. The van der Waals surface area contributed by atoms with E-state index in [1.807, 2.05) is 80.5 Å². The number of nitrogen functional groups attached to an aromatic ring is 1. The molecule has 0 spiro atoms. The molecule has 0 aliphatic carbocycles. The molecule has 19 atom stereocenters. The third-order valence-electron chi connectivity index (χ3n) is 23.6. The molecule has 10 heterocycles. The van der Waals surface area contributed by atoms with Gasteiger partial charge in [-0.3, -0.25) is 52.9 Å². The van der Waals surface area contributed by atoms with E-state index in [1.165, 1.54) is 42.0 Å². The number of rotatable bonds is 27. The minimum atomic E-state index is -5.31. The molecule has 0 radical (unpaired) electrons. The number of imidazole rings is 2. The van der Waals surface area contributed by atoms with Gasteiger partial charge < -0.3 is 105 Å². The SMILES string of the molecule is CC(=O)CCC1C2=NC(=CC3=NC(=C(C)C4=NC(C)(C5[N-]C(=C2C)C(C)(CCC(=O)NCC(C)OP(=O)([O-])O[C@@H]2[C@@H](CO)OC(n6cnc7cc(C)c(C)cc76)[C@@H]2O)C5CC(N)=O)C(C)(CC(N)=O)C4CCC(N)=O)C(C)(CC(N)=O)C3CCC(N)=O)C1(C)C.[CH2-][C@H]1OC(n2cnc3c(N)ncnc32)C(O)C1O.[Co+3]. The van der Waals surface area contributed by atoms with Crippen molar-refractivity contribution in [2.24, 2.45) is 89.0 Å². The standard InChI is InChI=1S/C63H91N12O14P.C10H12N5O3.Co/c1-30-21-41-42(22-31(30)2)75(29-70-41)58-53(84)54(43(28-76)87-58)89-90(85,86)88-33(4)27-69-50(83)19-20-60(9)39(23-47(66)80)57-63(12)62(11,26-49(68)82)38(16-18-46(65)79)52(74-63)35(6)56-61(10,25-48(67)81)36(15-17-45(64)78)40(71-56)24-44-59(7,8)37(14-13-32(3)77)51(72-44)34(5)55(60)73-57;1-4-6(16)7(17)10(18-4)15-3-14-5-8(11)12-2-13-9(5)15;/h21-22,24,29,33,36-39,43,53-54,57-58,76,84H,13-20,23,25-28H2,1-12H3,(H13,64,65,66,67,68,69,71,72,73,74,78,79,80,81,82,83,85,86);2-4,6-7,10,16-17H,1H2,(H2,11,12,13);/q;-1;+3/p-2/t33?,36?,37?,38?,39?,43-,53-,54-,57?,58?,60?,61?,62?,63?;4-,6?,7?,10?;/m11./s1. The van der Waals surface area contributed by atoms with E-state index in [0.29, 0.717) is 74.0 Å². The van der Waals surface area contributed by atoms with Crippen molar-refractivity contribution in [2.75, 3.05) is 18.9 Å². The van der Waals surface area contributed by atoms with Crippen molar-refractivity contribution in [3.8, 4) is 0 Å². The first-order chi connectivity index (χ1) is 50.4. The average molecular weight is 1580 g/mol. The maximum Gasteiger partial charge on any atom is 3.00 e. The summed E-state index contributed by atoms with van der Waals surface area (Å²) in [4.78, 5) is 140. The van der Waals surface area contributed by atoms with Crippen LogP contribution in [0.2, 0.25) is 0 Å². The van der Waals surface area contributed by atoms with E-state index in [2.05, 4.69) is 32.2 Å². The number of fused-ring (bicyclic) bond motifs is 8. The van der Waals surface area contributed by atoms with E-state index >= 15 is 0 Å². The summed E-state index contributed by atoms with van der Waals surface area (Å²) in [5.74, 6) is -6.45. The Hall–Kier alpha value is -8.06. The molecule has 6 amide bonds. The minimum Gasteiger partial charge on any atom is -0.756 e. The molecule has 0 saturated carbocycles. The Bertz CT molecular complexity index is 4520. The van der Waals surface area contributed by atoms with Gasteiger partial charge >= 0.3 is 16.8 Å². The topological polar surface area (TPSA) is 558 Å². The van der Waals surface area contributed by atoms with E-state index in [4.69, 9.17) is 73.2 Å². The van der Waals surface area contributed by atoms with Gasteiger partial charge in [-0.1, -0.05) is 40.7 Å². The molecule has 7 aliphatic rings. The number of hydrogen-bond acceptors (Lipinski definition) is 25. The van der Waals surface area contributed by atoms with Crippen molar-refractivity contribution in [3.63, 3.8) is 0 Å². The number of aryl methyl sites for hydroxylation is 2. The molecule has 8 bridgehead atoms. The number of benzene rings is 1. The van der Waals surface area contributed by atoms with E-state index in [0.717, 1.165) is 11.1 Å². The minimum absolute atomic E-state index is 0. The smallest absolute Gasteiger partial charge is 0.756 e. The van der Waals surface area contributed by atoms with Crippen LogP contribution in [0.1, 0.15) is 163 Å². The van der Waals surface area contributed by atoms with Crippen molar-refractivity contribution in [2.45, 2.75) is 220 Å². The fourth-order valence-corrected chi connectivity index (χ4v) is 18.5. The Morgan fingerprint density at radius 1 is 0.752 bits per heavy atom. The molecule has 594 valence electrons. The quantitative estimate of drug-likeness (QED) is 0.0301. The van der Waals surface area contributed by atoms with Gasteiger partial charge in [0.05, 0.1) is 53.7 Å². The number of nitrogens with zero attached hydrogens (tertiary/aromatic N) is 10. The fraction of sp³-hybridized carbons (Fsp3) is 0.603. The molecule has 7 aliphatic heterocycles. The van der Waals surface area contributed by atoms with Crippen LogP contribution in [0.3, 0.4) is 0 Å². The summed E-state index contributed by atoms with van der Waals surface area (Å²) in [5, 5.41) is 49.7. The van der Waals surface area contributed by atoms with Gasteiger partial charge in [0, 0.05) is 108 Å². The predicted molar refractivity (Wildman–Crippen MR) is 394 cm³/mol. The number of allylic oxidation sites excluding steroid dienone is 6. The van der Waals surface area contributed by atoms with E-state index in [1.54, 1.807) is 6.92 Å². The van der Waals surface area contributed by atoms with Crippen LogP contribution in [0.5, 0.6) is 0 Å². The number of nitrogens with one attached hydrogen (secondary N) is 1. The first-order valence-corrected chi connectivity index (χ1v) is 37.5. The van der Waals surface area contributed by atoms with Gasteiger partial charge in [-0.15, -0.1) is 0 Å². The Morgan fingerprint density at radius 3 is 1.98 bits per heavy atom. The zero-order chi connectivity index (χ0) is 79.6. The monoisotopic (exact) mass is 1580 g/mol. The Balaban J connectivity index is 0.000000623. The number of phosphoric ester groups is 1. The number of ketones is 1. The zero-order valence-electron chi connectivity index (χ0n) is 63.3. The van der Waals surface area contributed by atoms with Crippen molar-refractivity contribution >= 4 is 94.2 Å². The van der Waals surface area contributed by atoms with E-state index in [9.17, 15) is 63.4 Å². The van der Waals surface area contributed by atoms with Gasteiger partial charge in [0.25, 0.3) is 7.82 Å². The second-order valence-electron chi connectivity index (χ2n) is 31.4. The number of aromatic nitrogens is 6. The number of anilines is 1. The van der Waals surface area contributed by atoms with Crippen LogP contribution in [-0.4, -0.2) is 175 Å². The van der Waals surface area contributed by atoms with Crippen molar-refractivity contribution < 1.29 is 98.7 Å².